The monoisotopic (exact) mass is 216 g/mol. The largest absolute Gasteiger partial charge is 0.395 e. The highest BCUT2D eigenvalue weighted by Gasteiger charge is 2.23. The lowest BCUT2D eigenvalue weighted by molar-refractivity contribution is 0.153. The lowest BCUT2D eigenvalue weighted by Crippen LogP contribution is -2.31. The van der Waals surface area contributed by atoms with Crippen molar-refractivity contribution in [3.8, 4) is 6.07 Å². The van der Waals surface area contributed by atoms with Gasteiger partial charge >= 0.3 is 0 Å². The second kappa shape index (κ2) is 5.11. The van der Waals surface area contributed by atoms with Crippen molar-refractivity contribution >= 4 is 0 Å². The predicted octanol–water partition coefficient (Wildman–Crippen LogP) is 1.51. The van der Waals surface area contributed by atoms with Gasteiger partial charge in [-0.05, 0) is 37.1 Å². The average molecular weight is 216 g/mol. The molecule has 84 valence electrons. The lowest BCUT2D eigenvalue weighted by Gasteiger charge is -2.22. The summed E-state index contributed by atoms with van der Waals surface area (Å²) in [6.45, 7) is 2.18. The second-order valence-corrected chi connectivity index (χ2v) is 4.26. The van der Waals surface area contributed by atoms with Crippen LogP contribution in [0.4, 0.5) is 0 Å². The zero-order valence-electron chi connectivity index (χ0n) is 9.26. The molecule has 0 aromatic heterocycles. The third-order valence-electron chi connectivity index (χ3n) is 3.18. The molecule has 1 aliphatic heterocycles. The Kier molecular flexibility index (Phi) is 3.55. The van der Waals surface area contributed by atoms with E-state index >= 15 is 0 Å². The van der Waals surface area contributed by atoms with E-state index in [0.717, 1.165) is 19.5 Å². The first-order valence-electron chi connectivity index (χ1n) is 5.67. The van der Waals surface area contributed by atoms with Gasteiger partial charge in [0.15, 0.2) is 0 Å². The molecule has 1 aliphatic rings. The minimum Gasteiger partial charge on any atom is -0.395 e. The van der Waals surface area contributed by atoms with E-state index in [4.69, 9.17) is 5.26 Å². The van der Waals surface area contributed by atoms with E-state index in [9.17, 15) is 5.11 Å². The van der Waals surface area contributed by atoms with Crippen LogP contribution in [0.25, 0.3) is 0 Å². The number of likely N-dealkylation sites (tertiary alicyclic amines) is 1. The minimum absolute atomic E-state index is 0.246. The van der Waals surface area contributed by atoms with Crippen molar-refractivity contribution in [2.24, 2.45) is 0 Å². The highest BCUT2D eigenvalue weighted by atomic mass is 16.3. The van der Waals surface area contributed by atoms with Crippen molar-refractivity contribution in [2.45, 2.75) is 25.4 Å². The van der Waals surface area contributed by atoms with Crippen molar-refractivity contribution < 1.29 is 5.11 Å². The van der Waals surface area contributed by atoms with Gasteiger partial charge in [0.25, 0.3) is 0 Å². The number of aliphatic hydroxyl groups is 1. The maximum absolute atomic E-state index is 9.21. The maximum atomic E-state index is 9.21. The Balaban J connectivity index is 2.00. The molecule has 16 heavy (non-hydrogen) atoms. The summed E-state index contributed by atoms with van der Waals surface area (Å²) in [5.41, 5.74) is 1.91. The molecule has 0 amide bonds. The van der Waals surface area contributed by atoms with Gasteiger partial charge in [-0.25, -0.2) is 0 Å². The van der Waals surface area contributed by atoms with Crippen LogP contribution < -0.4 is 0 Å². The fourth-order valence-electron chi connectivity index (χ4n) is 2.23. The quantitative estimate of drug-likeness (QED) is 0.833. The highest BCUT2D eigenvalue weighted by molar-refractivity contribution is 5.31. The zero-order chi connectivity index (χ0) is 11.4. The summed E-state index contributed by atoms with van der Waals surface area (Å²) in [5.74, 6) is 0. The summed E-state index contributed by atoms with van der Waals surface area (Å²) in [7, 11) is 0. The summed E-state index contributed by atoms with van der Waals surface area (Å²) >= 11 is 0. The standard InChI is InChI=1S/C13H16N2O/c14-8-11-3-5-12(6-4-11)9-15-7-1-2-13(15)10-16/h3-6,13,16H,1-2,7,9-10H2/t13-/m1/s1. The molecule has 0 bridgehead atoms. The van der Waals surface area contributed by atoms with Gasteiger partial charge < -0.3 is 5.11 Å². The Morgan fingerprint density at radius 2 is 2.12 bits per heavy atom. The van der Waals surface area contributed by atoms with Crippen LogP contribution in [0.2, 0.25) is 0 Å². The molecule has 2 rings (SSSR count). The molecule has 0 unspecified atom stereocenters. The molecule has 1 fully saturated rings. The third kappa shape index (κ3) is 2.41. The van der Waals surface area contributed by atoms with Gasteiger partial charge in [0.2, 0.25) is 0 Å². The Labute approximate surface area is 95.9 Å². The molecule has 1 N–H and O–H groups in total. The SMILES string of the molecule is N#Cc1ccc(CN2CCC[C@@H]2CO)cc1. The van der Waals surface area contributed by atoms with E-state index in [1.54, 1.807) is 0 Å². The van der Waals surface area contributed by atoms with Crippen LogP contribution in [-0.4, -0.2) is 29.2 Å². The number of hydrogen-bond acceptors (Lipinski definition) is 3. The van der Waals surface area contributed by atoms with Crippen LogP contribution in [-0.2, 0) is 6.54 Å². The van der Waals surface area contributed by atoms with Gasteiger partial charge in [0, 0.05) is 12.6 Å². The molecule has 3 heteroatoms. The summed E-state index contributed by atoms with van der Waals surface area (Å²) < 4.78 is 0. The second-order valence-electron chi connectivity index (χ2n) is 4.26. The number of rotatable bonds is 3. The van der Waals surface area contributed by atoms with Crippen LogP contribution in [0.5, 0.6) is 0 Å². The Hall–Kier alpha value is -1.37. The molecule has 0 radical (unpaired) electrons. The summed E-state index contributed by atoms with van der Waals surface area (Å²) in [4.78, 5) is 2.31. The first kappa shape index (κ1) is 11.1. The fourth-order valence-corrected chi connectivity index (χ4v) is 2.23. The molecule has 1 aromatic carbocycles. The summed E-state index contributed by atoms with van der Waals surface area (Å²) in [5, 5.41) is 17.9. The maximum Gasteiger partial charge on any atom is 0.0991 e. The number of nitriles is 1. The number of aliphatic hydroxyl groups excluding tert-OH is 1. The predicted molar refractivity (Wildman–Crippen MR) is 61.7 cm³/mol. The van der Waals surface area contributed by atoms with Gasteiger partial charge in [-0.3, -0.25) is 4.90 Å². The minimum atomic E-state index is 0.246. The third-order valence-corrected chi connectivity index (χ3v) is 3.18. The van der Waals surface area contributed by atoms with Crippen LogP contribution in [0.1, 0.15) is 24.0 Å². The Bertz CT molecular complexity index is 380. The smallest absolute Gasteiger partial charge is 0.0991 e. The molecule has 0 aliphatic carbocycles. The molecule has 1 aromatic rings. The van der Waals surface area contributed by atoms with Crippen molar-refractivity contribution in [2.75, 3.05) is 13.2 Å². The van der Waals surface area contributed by atoms with Gasteiger partial charge in [-0.2, -0.15) is 5.26 Å². The van der Waals surface area contributed by atoms with Crippen LogP contribution in [0.3, 0.4) is 0 Å². The van der Waals surface area contributed by atoms with Crippen LogP contribution in [0.15, 0.2) is 24.3 Å². The topological polar surface area (TPSA) is 47.3 Å². The van der Waals surface area contributed by atoms with Gasteiger partial charge in [-0.15, -0.1) is 0 Å². The number of nitrogens with zero attached hydrogens (tertiary/aromatic N) is 2. The van der Waals surface area contributed by atoms with E-state index in [1.807, 2.05) is 24.3 Å². The molecular formula is C13H16N2O. The van der Waals surface area contributed by atoms with Crippen molar-refractivity contribution in [1.82, 2.24) is 4.90 Å². The van der Waals surface area contributed by atoms with Crippen molar-refractivity contribution in [1.29, 1.82) is 5.26 Å². The van der Waals surface area contributed by atoms with Gasteiger partial charge in [-0.1, -0.05) is 12.1 Å². The van der Waals surface area contributed by atoms with Crippen molar-refractivity contribution in [3.63, 3.8) is 0 Å². The van der Waals surface area contributed by atoms with E-state index in [-0.39, 0.29) is 6.61 Å². The first-order chi connectivity index (χ1) is 7.83. The average Bonchev–Trinajstić information content (AvgIpc) is 2.77. The van der Waals surface area contributed by atoms with Crippen LogP contribution >= 0.6 is 0 Å². The Morgan fingerprint density at radius 1 is 1.38 bits per heavy atom. The molecule has 1 atom stereocenters. The molecule has 1 saturated heterocycles. The fraction of sp³-hybridized carbons (Fsp3) is 0.462. The summed E-state index contributed by atoms with van der Waals surface area (Å²) in [6.07, 6.45) is 2.26. The first-order valence-corrected chi connectivity index (χ1v) is 5.67. The molecule has 3 nitrogen and oxygen atoms in total. The van der Waals surface area contributed by atoms with Gasteiger partial charge in [0.1, 0.15) is 0 Å². The van der Waals surface area contributed by atoms with E-state index < -0.39 is 0 Å². The van der Waals surface area contributed by atoms with Crippen LogP contribution in [0, 0.1) is 11.3 Å². The van der Waals surface area contributed by atoms with Gasteiger partial charge in [0.05, 0.1) is 18.2 Å². The zero-order valence-corrected chi connectivity index (χ0v) is 9.26. The number of hydrogen-bond donors (Lipinski definition) is 1. The molecule has 0 saturated carbocycles. The highest BCUT2D eigenvalue weighted by Crippen LogP contribution is 2.19. The lowest BCUT2D eigenvalue weighted by atomic mass is 10.1. The molecule has 1 heterocycles. The van der Waals surface area contributed by atoms with E-state index in [0.29, 0.717) is 11.6 Å². The van der Waals surface area contributed by atoms with E-state index in [1.165, 1.54) is 12.0 Å². The van der Waals surface area contributed by atoms with Crippen molar-refractivity contribution in [3.05, 3.63) is 35.4 Å². The Morgan fingerprint density at radius 3 is 2.75 bits per heavy atom. The molecular weight excluding hydrogens is 200 g/mol. The molecule has 0 spiro atoms. The number of benzene rings is 1. The van der Waals surface area contributed by atoms with E-state index in [2.05, 4.69) is 11.0 Å². The summed E-state index contributed by atoms with van der Waals surface area (Å²) in [6, 6.07) is 10.1. The normalized spacial score (nSPS) is 20.9.